The molecule has 1 heterocycles. The Morgan fingerprint density at radius 2 is 1.58 bits per heavy atom. The molecule has 3 N–H and O–H groups in total. The van der Waals surface area contributed by atoms with Crippen molar-refractivity contribution >= 4 is 32.9 Å². The minimum absolute atomic E-state index is 0.0337. The van der Waals surface area contributed by atoms with Crippen molar-refractivity contribution in [1.82, 2.24) is 0 Å². The molecule has 10 heteroatoms. The van der Waals surface area contributed by atoms with Crippen molar-refractivity contribution in [3.05, 3.63) is 76.1 Å². The van der Waals surface area contributed by atoms with Crippen LogP contribution in [0.1, 0.15) is 29.8 Å². The van der Waals surface area contributed by atoms with E-state index >= 15 is 0 Å². The summed E-state index contributed by atoms with van der Waals surface area (Å²) in [5, 5.41) is 19.9. The van der Waals surface area contributed by atoms with Crippen LogP contribution in [0.4, 0.5) is 11.4 Å². The first kappa shape index (κ1) is 21.8. The van der Waals surface area contributed by atoms with Gasteiger partial charge in [0.15, 0.2) is 5.78 Å². The largest absolute Gasteiger partial charge is 0.506 e. The Balaban J connectivity index is 1.90. The summed E-state index contributed by atoms with van der Waals surface area (Å²) in [6.07, 6.45) is 0. The number of hydrogen-bond acceptors (Lipinski definition) is 8. The smallest absolute Gasteiger partial charge is 0.351 e. The summed E-state index contributed by atoms with van der Waals surface area (Å²) in [5.74, 6) is -2.39. The lowest BCUT2D eigenvalue weighted by atomic mass is 10.1. The van der Waals surface area contributed by atoms with Crippen LogP contribution in [0.5, 0.6) is 11.7 Å². The van der Waals surface area contributed by atoms with E-state index in [2.05, 4.69) is 14.1 Å². The Morgan fingerprint density at radius 3 is 2.16 bits per heavy atom. The molecule has 0 aliphatic heterocycles. The lowest BCUT2D eigenvalue weighted by Crippen LogP contribution is -2.15. The van der Waals surface area contributed by atoms with Gasteiger partial charge in [-0.3, -0.25) is 14.5 Å². The van der Waals surface area contributed by atoms with Crippen molar-refractivity contribution in [1.29, 1.82) is 0 Å². The summed E-state index contributed by atoms with van der Waals surface area (Å²) in [7, 11) is -3.75. The fourth-order valence-electron chi connectivity index (χ4n) is 2.82. The second-order valence-electron chi connectivity index (χ2n) is 6.51. The third-order valence-electron chi connectivity index (χ3n) is 4.26. The van der Waals surface area contributed by atoms with Crippen molar-refractivity contribution < 1.29 is 27.8 Å². The van der Waals surface area contributed by atoms with Gasteiger partial charge in [0.25, 0.3) is 16.0 Å². The number of Topliss-reactive ketones (excluding diaryl/α,β-unsaturated/α-hetero) is 1. The summed E-state index contributed by atoms with van der Waals surface area (Å²) >= 11 is 0. The third kappa shape index (κ3) is 4.64. The SMILES string of the molecule is CC(=O)c1c(O)oc(=O)c(C(C)=Nc2ccc(NS(=O)(=O)c3ccccc3)cc2)c1O. The number of aliphatic imine (C=N–C) groups is 1. The van der Waals surface area contributed by atoms with Crippen LogP contribution in [-0.2, 0) is 10.0 Å². The van der Waals surface area contributed by atoms with E-state index in [0.29, 0.717) is 11.4 Å². The first-order valence-corrected chi connectivity index (χ1v) is 10.4. The zero-order chi connectivity index (χ0) is 22.8. The molecule has 0 amide bonds. The van der Waals surface area contributed by atoms with Crippen LogP contribution in [0.15, 0.2) is 73.7 Å². The second kappa shape index (κ2) is 8.44. The Hall–Kier alpha value is -3.92. The van der Waals surface area contributed by atoms with Crippen molar-refractivity contribution in [2.45, 2.75) is 18.7 Å². The summed E-state index contributed by atoms with van der Waals surface area (Å²) in [6.45, 7) is 2.51. The normalized spacial score (nSPS) is 11.9. The maximum Gasteiger partial charge on any atom is 0.351 e. The van der Waals surface area contributed by atoms with Gasteiger partial charge in [0.2, 0.25) is 0 Å². The highest BCUT2D eigenvalue weighted by Gasteiger charge is 2.24. The van der Waals surface area contributed by atoms with E-state index in [1.54, 1.807) is 18.2 Å². The Labute approximate surface area is 177 Å². The van der Waals surface area contributed by atoms with Gasteiger partial charge >= 0.3 is 5.63 Å². The fraction of sp³-hybridized carbons (Fsp3) is 0.0952. The van der Waals surface area contributed by atoms with Crippen LogP contribution in [0.25, 0.3) is 0 Å². The first-order chi connectivity index (χ1) is 14.6. The molecule has 0 bridgehead atoms. The number of sulfonamides is 1. The standard InChI is InChI=1S/C21H18N2O7S/c1-12(17-19(25)18(13(2)24)21(27)30-20(17)26)22-14-8-10-15(11-9-14)23-31(28,29)16-6-4-3-5-7-16/h3-11,23,25,27H,1-2H3. The zero-order valence-corrected chi connectivity index (χ0v) is 17.3. The van der Waals surface area contributed by atoms with Gasteiger partial charge in [-0.05, 0) is 50.2 Å². The van der Waals surface area contributed by atoms with Crippen LogP contribution in [0.3, 0.4) is 0 Å². The molecule has 0 fully saturated rings. The van der Waals surface area contributed by atoms with E-state index in [4.69, 9.17) is 0 Å². The number of carbonyl (C=O) groups excluding carboxylic acids is 1. The molecule has 2 aromatic carbocycles. The van der Waals surface area contributed by atoms with Gasteiger partial charge in [-0.2, -0.15) is 0 Å². The lowest BCUT2D eigenvalue weighted by Gasteiger charge is -2.09. The first-order valence-electron chi connectivity index (χ1n) is 8.93. The lowest BCUT2D eigenvalue weighted by molar-refractivity contribution is 0.100. The minimum atomic E-state index is -3.75. The highest BCUT2D eigenvalue weighted by Crippen LogP contribution is 2.29. The number of hydrogen-bond donors (Lipinski definition) is 3. The molecule has 31 heavy (non-hydrogen) atoms. The highest BCUT2D eigenvalue weighted by molar-refractivity contribution is 7.92. The van der Waals surface area contributed by atoms with Gasteiger partial charge in [-0.15, -0.1) is 0 Å². The fourth-order valence-corrected chi connectivity index (χ4v) is 3.90. The molecule has 0 radical (unpaired) electrons. The van der Waals surface area contributed by atoms with Crippen LogP contribution < -0.4 is 10.3 Å². The molecule has 0 atom stereocenters. The van der Waals surface area contributed by atoms with E-state index in [1.807, 2.05) is 0 Å². The number of benzene rings is 2. The molecule has 0 unspecified atom stereocenters. The van der Waals surface area contributed by atoms with Crippen LogP contribution in [-0.4, -0.2) is 30.1 Å². The van der Waals surface area contributed by atoms with Crippen molar-refractivity contribution in [2.24, 2.45) is 4.99 Å². The number of ketones is 1. The number of anilines is 1. The van der Waals surface area contributed by atoms with Gasteiger partial charge in [-0.1, -0.05) is 18.2 Å². The van der Waals surface area contributed by atoms with E-state index in [0.717, 1.165) is 6.92 Å². The molecule has 3 rings (SSSR count). The zero-order valence-electron chi connectivity index (χ0n) is 16.5. The van der Waals surface area contributed by atoms with Gasteiger partial charge in [0, 0.05) is 5.69 Å². The number of aromatic hydroxyl groups is 2. The van der Waals surface area contributed by atoms with E-state index in [1.165, 1.54) is 43.3 Å². The molecule has 0 spiro atoms. The van der Waals surface area contributed by atoms with Crippen LogP contribution in [0, 0.1) is 0 Å². The number of nitrogens with one attached hydrogen (secondary N) is 1. The Bertz CT molecular complexity index is 1330. The van der Waals surface area contributed by atoms with Gasteiger partial charge < -0.3 is 14.6 Å². The Morgan fingerprint density at radius 1 is 0.968 bits per heavy atom. The summed E-state index contributed by atoms with van der Waals surface area (Å²) < 4.78 is 31.8. The van der Waals surface area contributed by atoms with E-state index in [9.17, 15) is 28.2 Å². The average Bonchev–Trinajstić information content (AvgIpc) is 2.69. The average molecular weight is 442 g/mol. The molecule has 1 aromatic heterocycles. The molecule has 3 aromatic rings. The number of rotatable bonds is 6. The highest BCUT2D eigenvalue weighted by atomic mass is 32.2. The second-order valence-corrected chi connectivity index (χ2v) is 8.19. The molecule has 0 saturated heterocycles. The van der Waals surface area contributed by atoms with Crippen LogP contribution >= 0.6 is 0 Å². The predicted octanol–water partition coefficient (Wildman–Crippen LogP) is 3.20. The quantitative estimate of drug-likeness (QED) is 0.392. The van der Waals surface area contributed by atoms with Crippen molar-refractivity contribution in [3.63, 3.8) is 0 Å². The van der Waals surface area contributed by atoms with Gasteiger partial charge in [0.05, 0.1) is 16.3 Å². The van der Waals surface area contributed by atoms with Gasteiger partial charge in [0.1, 0.15) is 16.9 Å². The molecular weight excluding hydrogens is 424 g/mol. The van der Waals surface area contributed by atoms with Crippen molar-refractivity contribution in [3.8, 4) is 11.7 Å². The summed E-state index contributed by atoms with van der Waals surface area (Å²) in [6, 6.07) is 13.8. The van der Waals surface area contributed by atoms with Crippen LogP contribution in [0.2, 0.25) is 0 Å². The number of nitrogens with zero attached hydrogens (tertiary/aromatic N) is 1. The molecule has 9 nitrogen and oxygen atoms in total. The monoisotopic (exact) mass is 442 g/mol. The molecule has 160 valence electrons. The molecular formula is C21H18N2O7S. The van der Waals surface area contributed by atoms with Crippen molar-refractivity contribution in [2.75, 3.05) is 4.72 Å². The Kier molecular flexibility index (Phi) is 5.93. The summed E-state index contributed by atoms with van der Waals surface area (Å²) in [5.41, 5.74) is -1.27. The molecule has 0 saturated carbocycles. The van der Waals surface area contributed by atoms with Gasteiger partial charge in [-0.25, -0.2) is 13.2 Å². The molecule has 0 aliphatic carbocycles. The topological polar surface area (TPSA) is 146 Å². The maximum atomic E-state index is 12.4. The number of carbonyl (C=O) groups is 1. The van der Waals surface area contributed by atoms with E-state index < -0.39 is 38.7 Å². The minimum Gasteiger partial charge on any atom is -0.506 e. The molecule has 0 aliphatic rings. The maximum absolute atomic E-state index is 12.4. The summed E-state index contributed by atoms with van der Waals surface area (Å²) in [4.78, 5) is 28.0. The predicted molar refractivity (Wildman–Crippen MR) is 114 cm³/mol. The third-order valence-corrected chi connectivity index (χ3v) is 5.66. The van der Waals surface area contributed by atoms with E-state index in [-0.39, 0.29) is 16.2 Å².